The van der Waals surface area contributed by atoms with Crippen molar-refractivity contribution < 1.29 is 8.42 Å². The lowest BCUT2D eigenvalue weighted by atomic mass is 10.2. The highest BCUT2D eigenvalue weighted by atomic mass is 35.5. The molecule has 140 valence electrons. The molecule has 1 aromatic heterocycles. The van der Waals surface area contributed by atoms with E-state index in [1.54, 1.807) is 18.2 Å². The number of halogens is 3. The fourth-order valence-corrected chi connectivity index (χ4v) is 3.94. The third kappa shape index (κ3) is 4.11. The number of nitrogens with one attached hydrogen (secondary N) is 1. The average Bonchev–Trinajstić information content (AvgIpc) is 2.62. The highest BCUT2D eigenvalue weighted by Crippen LogP contribution is 2.26. The Kier molecular flexibility index (Phi) is 5.48. The summed E-state index contributed by atoms with van der Waals surface area (Å²) in [7, 11) is -3.86. The second-order valence-corrected chi connectivity index (χ2v) is 8.48. The number of aromatic nitrogens is 2. The molecule has 0 radical (unpaired) electrons. The van der Waals surface area contributed by atoms with Crippen molar-refractivity contribution in [3.8, 4) is 5.69 Å². The topological polar surface area (TPSA) is 81.1 Å². The molecule has 0 saturated heterocycles. The molecule has 3 rings (SSSR count). The van der Waals surface area contributed by atoms with Crippen molar-refractivity contribution in [2.24, 2.45) is 0 Å². The third-order valence-corrected chi connectivity index (χ3v) is 6.08. The van der Waals surface area contributed by atoms with E-state index in [1.807, 2.05) is 6.92 Å². The number of hydrogen-bond donors (Lipinski definition) is 1. The minimum absolute atomic E-state index is 0.00370. The fraction of sp³-hybridized carbons (Fsp3) is 0.0588. The summed E-state index contributed by atoms with van der Waals surface area (Å²) in [6, 6.07) is 10.5. The van der Waals surface area contributed by atoms with Crippen LogP contribution >= 0.6 is 34.8 Å². The summed E-state index contributed by atoms with van der Waals surface area (Å²) in [4.78, 5) is 12.1. The molecule has 0 aliphatic heterocycles. The summed E-state index contributed by atoms with van der Waals surface area (Å²) in [5.41, 5.74) is 0.913. The predicted molar refractivity (Wildman–Crippen MR) is 107 cm³/mol. The smallest absolute Gasteiger partial charge is 0.278 e. The van der Waals surface area contributed by atoms with Crippen molar-refractivity contribution in [2.75, 3.05) is 4.72 Å². The molecule has 6 nitrogen and oxygen atoms in total. The van der Waals surface area contributed by atoms with E-state index in [0.29, 0.717) is 10.7 Å². The third-order valence-electron chi connectivity index (χ3n) is 3.64. The van der Waals surface area contributed by atoms with Gasteiger partial charge in [-0.15, -0.1) is 0 Å². The van der Waals surface area contributed by atoms with Gasteiger partial charge in [-0.2, -0.15) is 9.78 Å². The lowest BCUT2D eigenvalue weighted by molar-refractivity contribution is 0.601. The molecule has 0 spiro atoms. The van der Waals surface area contributed by atoms with Crippen LogP contribution < -0.4 is 10.3 Å². The van der Waals surface area contributed by atoms with Crippen molar-refractivity contribution in [1.82, 2.24) is 9.78 Å². The summed E-state index contributed by atoms with van der Waals surface area (Å²) < 4.78 is 28.6. The molecule has 10 heteroatoms. The maximum atomic E-state index is 12.6. The molecule has 0 unspecified atom stereocenters. The van der Waals surface area contributed by atoms with Crippen LogP contribution in [-0.4, -0.2) is 18.2 Å². The molecule has 0 saturated carbocycles. The molecule has 1 N–H and O–H groups in total. The molecule has 0 amide bonds. The first-order valence-electron chi connectivity index (χ1n) is 7.52. The van der Waals surface area contributed by atoms with Gasteiger partial charge in [-0.1, -0.05) is 40.9 Å². The van der Waals surface area contributed by atoms with Crippen molar-refractivity contribution >= 4 is 50.5 Å². The van der Waals surface area contributed by atoms with E-state index in [0.717, 1.165) is 10.2 Å². The van der Waals surface area contributed by atoms with Crippen LogP contribution in [0.25, 0.3) is 5.69 Å². The number of benzene rings is 2. The minimum atomic E-state index is -3.86. The lowest BCUT2D eigenvalue weighted by Gasteiger charge is -2.11. The number of nitrogens with zero attached hydrogens (tertiary/aromatic N) is 2. The van der Waals surface area contributed by atoms with Gasteiger partial charge in [0, 0.05) is 0 Å². The zero-order valence-corrected chi connectivity index (χ0v) is 16.9. The van der Waals surface area contributed by atoms with E-state index in [1.165, 1.54) is 30.5 Å². The first-order valence-corrected chi connectivity index (χ1v) is 10.1. The standard InChI is InChI=1S/C17H12Cl3N3O3S/c1-10-2-7-15(13(18)8-10)22-27(25,26)12-5-3-11(4-6-12)23-17(24)16(20)14(19)9-21-23/h2-9,22H,1H3. The van der Waals surface area contributed by atoms with Crippen molar-refractivity contribution in [1.29, 1.82) is 0 Å². The summed E-state index contributed by atoms with van der Waals surface area (Å²) in [5, 5.41) is 4.06. The van der Waals surface area contributed by atoms with Gasteiger partial charge in [0.25, 0.3) is 15.6 Å². The van der Waals surface area contributed by atoms with Crippen molar-refractivity contribution in [3.63, 3.8) is 0 Å². The van der Waals surface area contributed by atoms with Crippen LogP contribution in [0.15, 0.2) is 58.4 Å². The van der Waals surface area contributed by atoms with Crippen LogP contribution in [0.5, 0.6) is 0 Å². The molecule has 0 atom stereocenters. The molecular formula is C17H12Cl3N3O3S. The Morgan fingerprint density at radius 1 is 1.00 bits per heavy atom. The molecule has 0 bridgehead atoms. The maximum absolute atomic E-state index is 12.6. The van der Waals surface area contributed by atoms with Crippen LogP contribution in [0.2, 0.25) is 15.1 Å². The first-order chi connectivity index (χ1) is 12.7. The van der Waals surface area contributed by atoms with Crippen molar-refractivity contribution in [2.45, 2.75) is 11.8 Å². The normalized spacial score (nSPS) is 11.4. The molecule has 0 fully saturated rings. The summed E-state index contributed by atoms with van der Waals surface area (Å²) in [6.45, 7) is 1.85. The number of sulfonamides is 1. The molecule has 3 aromatic rings. The molecule has 27 heavy (non-hydrogen) atoms. The summed E-state index contributed by atoms with van der Waals surface area (Å²) in [5.74, 6) is 0. The highest BCUT2D eigenvalue weighted by Gasteiger charge is 2.17. The quantitative estimate of drug-likeness (QED) is 0.650. The highest BCUT2D eigenvalue weighted by molar-refractivity contribution is 7.92. The second kappa shape index (κ2) is 7.52. The summed E-state index contributed by atoms with van der Waals surface area (Å²) >= 11 is 17.7. The van der Waals surface area contributed by atoms with Gasteiger partial charge >= 0.3 is 0 Å². The van der Waals surface area contributed by atoms with Gasteiger partial charge < -0.3 is 0 Å². The Morgan fingerprint density at radius 3 is 2.30 bits per heavy atom. The predicted octanol–water partition coefficient (Wildman–Crippen LogP) is 4.30. The molecule has 1 heterocycles. The Hall–Kier alpha value is -2.06. The number of aryl methyl sites for hydroxylation is 1. The van der Waals surface area contributed by atoms with E-state index < -0.39 is 15.6 Å². The molecular weight excluding hydrogens is 433 g/mol. The average molecular weight is 445 g/mol. The van der Waals surface area contributed by atoms with E-state index >= 15 is 0 Å². The van der Waals surface area contributed by atoms with E-state index in [9.17, 15) is 13.2 Å². The van der Waals surface area contributed by atoms with Gasteiger partial charge in [0.05, 0.1) is 32.5 Å². The van der Waals surface area contributed by atoms with Crippen LogP contribution in [0.1, 0.15) is 5.56 Å². The molecule has 0 aliphatic rings. The van der Waals surface area contributed by atoms with Crippen LogP contribution in [0.3, 0.4) is 0 Å². The largest absolute Gasteiger partial charge is 0.291 e. The maximum Gasteiger partial charge on any atom is 0.291 e. The van der Waals surface area contributed by atoms with Gasteiger partial charge in [-0.25, -0.2) is 8.42 Å². The Morgan fingerprint density at radius 2 is 1.67 bits per heavy atom. The number of rotatable bonds is 4. The fourth-order valence-electron chi connectivity index (χ4n) is 2.27. The van der Waals surface area contributed by atoms with Gasteiger partial charge in [0.2, 0.25) is 0 Å². The van der Waals surface area contributed by atoms with Crippen LogP contribution in [0, 0.1) is 6.92 Å². The van der Waals surface area contributed by atoms with Gasteiger partial charge in [-0.05, 0) is 48.9 Å². The molecule has 2 aromatic carbocycles. The van der Waals surface area contributed by atoms with E-state index in [4.69, 9.17) is 34.8 Å². The van der Waals surface area contributed by atoms with E-state index in [-0.39, 0.29) is 20.6 Å². The Labute approximate surface area is 170 Å². The number of hydrogen-bond acceptors (Lipinski definition) is 4. The van der Waals surface area contributed by atoms with E-state index in [2.05, 4.69) is 9.82 Å². The SMILES string of the molecule is Cc1ccc(NS(=O)(=O)c2ccc(-n3ncc(Cl)c(Cl)c3=O)cc2)c(Cl)c1. The second-order valence-electron chi connectivity index (χ2n) is 5.61. The van der Waals surface area contributed by atoms with Crippen molar-refractivity contribution in [3.05, 3.63) is 79.6 Å². The summed E-state index contributed by atoms with van der Waals surface area (Å²) in [6.07, 6.45) is 1.23. The number of anilines is 1. The van der Waals surface area contributed by atoms with Crippen LogP contribution in [-0.2, 0) is 10.0 Å². The lowest BCUT2D eigenvalue weighted by Crippen LogP contribution is -2.21. The zero-order valence-electron chi connectivity index (χ0n) is 13.8. The van der Waals surface area contributed by atoms with Gasteiger partial charge in [-0.3, -0.25) is 9.52 Å². The van der Waals surface area contributed by atoms with Gasteiger partial charge in [0.1, 0.15) is 5.02 Å². The monoisotopic (exact) mass is 443 g/mol. The Bertz CT molecular complexity index is 1180. The Balaban J connectivity index is 1.93. The zero-order chi connectivity index (χ0) is 19.8. The van der Waals surface area contributed by atoms with Gasteiger partial charge in [0.15, 0.2) is 0 Å². The first kappa shape index (κ1) is 19.7. The minimum Gasteiger partial charge on any atom is -0.278 e. The molecule has 0 aliphatic carbocycles. The van der Waals surface area contributed by atoms with Crippen LogP contribution in [0.4, 0.5) is 5.69 Å².